The highest BCUT2D eigenvalue weighted by Crippen LogP contribution is 2.18. The SMILES string of the molecule is Oc1cccc(OI)c1. The van der Waals surface area contributed by atoms with Crippen LogP contribution >= 0.6 is 23.0 Å². The highest BCUT2D eigenvalue weighted by Gasteiger charge is 1.90. The maximum atomic E-state index is 8.86. The molecule has 0 spiro atoms. The van der Waals surface area contributed by atoms with Crippen LogP contribution in [0.25, 0.3) is 0 Å². The number of hydrogen-bond acceptors (Lipinski definition) is 2. The third-order valence-corrected chi connectivity index (χ3v) is 1.42. The third-order valence-electron chi connectivity index (χ3n) is 0.907. The molecule has 0 atom stereocenters. The minimum Gasteiger partial charge on any atom is -0.508 e. The summed E-state index contributed by atoms with van der Waals surface area (Å²) >= 11 is 1.76. The zero-order chi connectivity index (χ0) is 6.69. The van der Waals surface area contributed by atoms with Gasteiger partial charge in [-0.25, -0.2) is 0 Å². The van der Waals surface area contributed by atoms with Gasteiger partial charge in [-0.1, -0.05) is 6.07 Å². The second-order valence-electron chi connectivity index (χ2n) is 1.57. The molecule has 0 aliphatic carbocycles. The summed E-state index contributed by atoms with van der Waals surface area (Å²) in [5.74, 6) is 0.889. The predicted octanol–water partition coefficient (Wildman–Crippen LogP) is 2.12. The monoisotopic (exact) mass is 236 g/mol. The molecule has 0 unspecified atom stereocenters. The molecule has 0 saturated carbocycles. The van der Waals surface area contributed by atoms with Gasteiger partial charge in [0.05, 0.1) is 0 Å². The van der Waals surface area contributed by atoms with Gasteiger partial charge in [0.25, 0.3) is 0 Å². The number of phenolic OH excluding ortho intramolecular Hbond substituents is 1. The highest BCUT2D eigenvalue weighted by molar-refractivity contribution is 14.1. The van der Waals surface area contributed by atoms with E-state index >= 15 is 0 Å². The fourth-order valence-corrected chi connectivity index (χ4v) is 0.805. The van der Waals surface area contributed by atoms with Gasteiger partial charge in [-0.2, -0.15) is 0 Å². The van der Waals surface area contributed by atoms with Crippen LogP contribution in [0.3, 0.4) is 0 Å². The molecule has 0 aromatic heterocycles. The quantitative estimate of drug-likeness (QED) is 0.756. The lowest BCUT2D eigenvalue weighted by atomic mass is 10.3. The van der Waals surface area contributed by atoms with E-state index < -0.39 is 0 Å². The molecule has 0 radical (unpaired) electrons. The zero-order valence-electron chi connectivity index (χ0n) is 4.54. The van der Waals surface area contributed by atoms with Gasteiger partial charge in [-0.05, 0) is 12.1 Å². The summed E-state index contributed by atoms with van der Waals surface area (Å²) in [6.45, 7) is 0. The molecule has 0 fully saturated rings. The van der Waals surface area contributed by atoms with Crippen LogP contribution in [-0.2, 0) is 0 Å². The van der Waals surface area contributed by atoms with Crippen molar-refractivity contribution in [1.29, 1.82) is 0 Å². The van der Waals surface area contributed by atoms with E-state index in [-0.39, 0.29) is 5.75 Å². The molecule has 0 bridgehead atoms. The van der Waals surface area contributed by atoms with Crippen LogP contribution in [0.1, 0.15) is 0 Å². The van der Waals surface area contributed by atoms with E-state index in [4.69, 9.17) is 8.17 Å². The predicted molar refractivity (Wildman–Crippen MR) is 42.8 cm³/mol. The lowest BCUT2D eigenvalue weighted by molar-refractivity contribution is 0.473. The van der Waals surface area contributed by atoms with Gasteiger partial charge >= 0.3 is 0 Å². The summed E-state index contributed by atoms with van der Waals surface area (Å²) in [4.78, 5) is 0. The number of phenols is 1. The van der Waals surface area contributed by atoms with Crippen molar-refractivity contribution >= 4 is 23.0 Å². The van der Waals surface area contributed by atoms with Gasteiger partial charge in [0.2, 0.25) is 0 Å². The third kappa shape index (κ3) is 1.74. The zero-order valence-corrected chi connectivity index (χ0v) is 6.70. The Morgan fingerprint density at radius 1 is 1.44 bits per heavy atom. The number of halogens is 1. The Balaban J connectivity index is 2.94. The molecule has 0 aliphatic rings. The fourth-order valence-electron chi connectivity index (χ4n) is 0.532. The minimum absolute atomic E-state index is 0.226. The van der Waals surface area contributed by atoms with Crippen molar-refractivity contribution < 1.29 is 8.17 Å². The van der Waals surface area contributed by atoms with E-state index in [1.165, 1.54) is 0 Å². The largest absolute Gasteiger partial charge is 0.508 e. The molecule has 48 valence electrons. The summed E-state index contributed by atoms with van der Waals surface area (Å²) in [7, 11) is 0. The summed E-state index contributed by atoms with van der Waals surface area (Å²) in [6, 6.07) is 6.64. The molecule has 1 rings (SSSR count). The van der Waals surface area contributed by atoms with E-state index in [0.29, 0.717) is 5.75 Å². The van der Waals surface area contributed by atoms with E-state index in [0.717, 1.165) is 0 Å². The molecule has 1 N–H and O–H groups in total. The molecule has 0 amide bonds. The average Bonchev–Trinajstić information content (AvgIpc) is 1.88. The van der Waals surface area contributed by atoms with E-state index in [2.05, 4.69) is 0 Å². The first-order valence-electron chi connectivity index (χ1n) is 2.40. The number of rotatable bonds is 1. The Morgan fingerprint density at radius 2 is 2.22 bits per heavy atom. The molecule has 9 heavy (non-hydrogen) atoms. The van der Waals surface area contributed by atoms with Crippen LogP contribution in [0.2, 0.25) is 0 Å². The standard InChI is InChI=1S/C6H5IO2/c7-9-6-3-1-2-5(8)4-6/h1-4,8H. The average molecular weight is 236 g/mol. The lowest BCUT2D eigenvalue weighted by Gasteiger charge is -1.94. The van der Waals surface area contributed by atoms with Crippen LogP contribution in [-0.4, -0.2) is 5.11 Å². The van der Waals surface area contributed by atoms with Crippen molar-refractivity contribution in [3.05, 3.63) is 24.3 Å². The van der Waals surface area contributed by atoms with E-state index in [9.17, 15) is 0 Å². The van der Waals surface area contributed by atoms with E-state index in [1.807, 2.05) is 0 Å². The van der Waals surface area contributed by atoms with Crippen LogP contribution in [0.4, 0.5) is 0 Å². The van der Waals surface area contributed by atoms with Crippen molar-refractivity contribution in [3.8, 4) is 11.5 Å². The molecule has 3 heteroatoms. The smallest absolute Gasteiger partial charge is 0.192 e. The topological polar surface area (TPSA) is 29.5 Å². The van der Waals surface area contributed by atoms with Crippen LogP contribution in [0.15, 0.2) is 24.3 Å². The normalized spacial score (nSPS) is 9.00. The molecule has 0 saturated heterocycles. The van der Waals surface area contributed by atoms with Crippen molar-refractivity contribution in [3.63, 3.8) is 0 Å². The Labute approximate surface area is 67.2 Å². The molecular weight excluding hydrogens is 231 g/mol. The van der Waals surface area contributed by atoms with Crippen LogP contribution in [0.5, 0.6) is 11.5 Å². The van der Waals surface area contributed by atoms with Gasteiger partial charge in [0.1, 0.15) is 11.5 Å². The van der Waals surface area contributed by atoms with Crippen molar-refractivity contribution in [1.82, 2.24) is 0 Å². The van der Waals surface area contributed by atoms with Crippen LogP contribution in [0, 0.1) is 0 Å². The number of hydrogen-bond donors (Lipinski definition) is 1. The van der Waals surface area contributed by atoms with Crippen molar-refractivity contribution in [2.75, 3.05) is 0 Å². The molecule has 0 heterocycles. The first-order valence-corrected chi connectivity index (χ1v) is 3.28. The Hall–Kier alpha value is -0.450. The highest BCUT2D eigenvalue weighted by atomic mass is 127. The maximum Gasteiger partial charge on any atom is 0.192 e. The van der Waals surface area contributed by atoms with Gasteiger partial charge in [-0.3, -0.25) is 0 Å². The maximum absolute atomic E-state index is 8.86. The molecule has 1 aromatic carbocycles. The summed E-state index contributed by atoms with van der Waals surface area (Å²) in [5, 5.41) is 8.86. The van der Waals surface area contributed by atoms with Gasteiger partial charge in [0, 0.05) is 6.07 Å². The summed E-state index contributed by atoms with van der Waals surface area (Å²) in [6.07, 6.45) is 0. The van der Waals surface area contributed by atoms with Crippen molar-refractivity contribution in [2.45, 2.75) is 0 Å². The summed E-state index contributed by atoms with van der Waals surface area (Å²) in [5.41, 5.74) is 0. The number of aromatic hydroxyl groups is 1. The van der Waals surface area contributed by atoms with Crippen molar-refractivity contribution in [2.24, 2.45) is 0 Å². The lowest BCUT2D eigenvalue weighted by Crippen LogP contribution is -1.70. The number of benzene rings is 1. The van der Waals surface area contributed by atoms with Gasteiger partial charge < -0.3 is 8.17 Å². The molecule has 1 aromatic rings. The van der Waals surface area contributed by atoms with E-state index in [1.54, 1.807) is 47.3 Å². The van der Waals surface area contributed by atoms with Gasteiger partial charge in [-0.15, -0.1) is 0 Å². The molecular formula is C6H5IO2. The molecule has 0 aliphatic heterocycles. The minimum atomic E-state index is 0.226. The Kier molecular flexibility index (Phi) is 2.16. The van der Waals surface area contributed by atoms with Crippen LogP contribution < -0.4 is 3.07 Å². The second-order valence-corrected chi connectivity index (χ2v) is 2.01. The first kappa shape index (κ1) is 6.67. The Morgan fingerprint density at radius 3 is 2.67 bits per heavy atom. The first-order chi connectivity index (χ1) is 4.33. The Bertz CT molecular complexity index is 200. The van der Waals surface area contributed by atoms with Gasteiger partial charge in [0.15, 0.2) is 23.0 Å². The second kappa shape index (κ2) is 2.91. The fraction of sp³-hybridized carbons (Fsp3) is 0. The molecule has 2 nitrogen and oxygen atoms in total. The summed E-state index contributed by atoms with van der Waals surface area (Å²) < 4.78 is 4.80.